The number of anilines is 1. The highest BCUT2D eigenvalue weighted by atomic mass is 35.5. The minimum Gasteiger partial charge on any atom is -0.493 e. The molecule has 0 aliphatic carbocycles. The highest BCUT2D eigenvalue weighted by Crippen LogP contribution is 2.41. The molecule has 1 aliphatic heterocycles. The third-order valence-corrected chi connectivity index (χ3v) is 9.49. The topological polar surface area (TPSA) is 115 Å². The van der Waals surface area contributed by atoms with Gasteiger partial charge in [-0.25, -0.2) is 0 Å². The number of carbonyl (C=O) groups is 1. The smallest absolute Gasteiger partial charge is 0.255 e. The first-order valence-corrected chi connectivity index (χ1v) is 18.7. The van der Waals surface area contributed by atoms with Gasteiger partial charge in [-0.15, -0.1) is 0 Å². The highest BCUT2D eigenvalue weighted by Gasteiger charge is 2.25. The van der Waals surface area contributed by atoms with Crippen molar-refractivity contribution in [2.75, 3.05) is 61.2 Å². The van der Waals surface area contributed by atoms with Crippen LogP contribution in [0.5, 0.6) is 46.0 Å². The van der Waals surface area contributed by atoms with Crippen LogP contribution < -0.4 is 48.5 Å². The molecule has 0 fully saturated rings. The van der Waals surface area contributed by atoms with Gasteiger partial charge >= 0.3 is 0 Å². The van der Waals surface area contributed by atoms with E-state index in [4.69, 9.17) is 49.5 Å². The summed E-state index contributed by atoms with van der Waals surface area (Å²) >= 11 is 6.07. The number of methoxy groups -OCH3 is 6. The lowest BCUT2D eigenvalue weighted by molar-refractivity contribution is 0.0935. The second-order valence-electron chi connectivity index (χ2n) is 12.9. The molecule has 0 spiro atoms. The summed E-state index contributed by atoms with van der Waals surface area (Å²) < 4.78 is 45.6. The fourth-order valence-corrected chi connectivity index (χ4v) is 6.53. The first-order chi connectivity index (χ1) is 26.8. The van der Waals surface area contributed by atoms with E-state index in [2.05, 4.69) is 10.6 Å². The Bertz CT molecular complexity index is 1880. The molecule has 2 N–H and O–H groups in total. The van der Waals surface area contributed by atoms with Gasteiger partial charge in [0.05, 0.1) is 61.4 Å². The van der Waals surface area contributed by atoms with E-state index in [0.717, 1.165) is 67.3 Å². The number of benzene rings is 4. The van der Waals surface area contributed by atoms with Crippen LogP contribution in [0.4, 0.5) is 5.69 Å². The summed E-state index contributed by atoms with van der Waals surface area (Å²) in [6, 6.07) is 18.5. The van der Waals surface area contributed by atoms with Crippen molar-refractivity contribution in [1.29, 1.82) is 0 Å². The Labute approximate surface area is 328 Å². The van der Waals surface area contributed by atoms with Gasteiger partial charge in [0.25, 0.3) is 5.91 Å². The lowest BCUT2D eigenvalue weighted by Crippen LogP contribution is -2.38. The number of fused-ring (bicyclic) bond motifs is 1. The summed E-state index contributed by atoms with van der Waals surface area (Å²) in [4.78, 5) is 12.7. The van der Waals surface area contributed by atoms with Crippen LogP contribution in [0.3, 0.4) is 0 Å². The maximum atomic E-state index is 12.7. The minimum absolute atomic E-state index is 0.183. The summed E-state index contributed by atoms with van der Waals surface area (Å²) in [7, 11) is 9.63. The molecule has 0 aromatic heterocycles. The van der Waals surface area contributed by atoms with Crippen LogP contribution in [-0.2, 0) is 0 Å². The number of carbonyl (C=O) groups excluding carboxylic acids is 1. The van der Waals surface area contributed by atoms with Gasteiger partial charge in [0, 0.05) is 10.7 Å². The Morgan fingerprint density at radius 1 is 0.545 bits per heavy atom. The molecule has 0 bridgehead atoms. The number of hydrogen-bond acceptors (Lipinski definition) is 10. The minimum atomic E-state index is -0.399. The predicted molar refractivity (Wildman–Crippen MR) is 216 cm³/mol. The van der Waals surface area contributed by atoms with Crippen LogP contribution in [0.2, 0.25) is 5.02 Å². The Kier molecular flexibility index (Phi) is 15.1. The molecule has 0 saturated heterocycles. The fraction of sp³-hybridized carbons (Fsp3) is 0.372. The van der Waals surface area contributed by atoms with E-state index in [1.54, 1.807) is 54.8 Å². The van der Waals surface area contributed by atoms with Crippen molar-refractivity contribution < 1.29 is 42.7 Å². The first kappa shape index (κ1) is 40.8. The summed E-state index contributed by atoms with van der Waals surface area (Å²) in [5.41, 5.74) is 3.88. The molecule has 11 nitrogen and oxygen atoms in total. The van der Waals surface area contributed by atoms with Gasteiger partial charge in [-0.2, -0.15) is 0 Å². The van der Waals surface area contributed by atoms with Crippen LogP contribution in [0.25, 0.3) is 12.2 Å². The first-order valence-electron chi connectivity index (χ1n) is 18.4. The summed E-state index contributed by atoms with van der Waals surface area (Å²) in [5.74, 6) is 4.62. The molecule has 294 valence electrons. The number of halogens is 1. The number of nitrogens with one attached hydrogen (secondary N) is 2. The molecule has 1 amide bonds. The van der Waals surface area contributed by atoms with E-state index < -0.39 is 6.17 Å². The van der Waals surface area contributed by atoms with Gasteiger partial charge in [-0.05, 0) is 84.1 Å². The molecular formula is C43H51ClN2O9. The molecule has 5 rings (SSSR count). The number of hydrogen-bond donors (Lipinski definition) is 2. The molecule has 12 heteroatoms. The van der Waals surface area contributed by atoms with Crippen LogP contribution >= 0.6 is 11.6 Å². The van der Waals surface area contributed by atoms with Crippen molar-refractivity contribution in [3.63, 3.8) is 0 Å². The van der Waals surface area contributed by atoms with Gasteiger partial charge < -0.3 is 48.5 Å². The second kappa shape index (κ2) is 20.3. The molecule has 1 atom stereocenters. The third kappa shape index (κ3) is 10.6. The molecule has 4 aromatic carbocycles. The molecular weight excluding hydrogens is 724 g/mol. The number of rotatable bonds is 21. The standard InChI is InChI=1S/C43H51ClN2O9/c1-48-35-26-30(42-45-33-18-17-31(44)27-32(33)43(47)46-42)16-19-34(35)54-20-12-10-8-7-9-11-13-21-55-41-38(51-4)24-29(25-39(41)52-5)15-14-28-22-36(49-2)40(53-6)37(23-28)50-3/h14-19,22-27,42,45H,7-13,20-21H2,1-6H3,(H,46,47)/b15-14+. The normalized spacial score (nSPS) is 13.4. The van der Waals surface area contributed by atoms with Crippen LogP contribution in [0.15, 0.2) is 60.7 Å². The molecule has 1 aliphatic rings. The van der Waals surface area contributed by atoms with Crippen molar-refractivity contribution in [2.24, 2.45) is 0 Å². The predicted octanol–water partition coefficient (Wildman–Crippen LogP) is 9.60. The quantitative estimate of drug-likeness (QED) is 0.0627. The molecule has 0 saturated carbocycles. The van der Waals surface area contributed by atoms with Gasteiger partial charge in [0.2, 0.25) is 11.5 Å². The second-order valence-corrected chi connectivity index (χ2v) is 13.3. The van der Waals surface area contributed by atoms with E-state index in [0.29, 0.717) is 69.8 Å². The summed E-state index contributed by atoms with van der Waals surface area (Å²) in [6.07, 6.45) is 10.9. The number of unbranched alkanes of at least 4 members (excludes halogenated alkanes) is 6. The van der Waals surface area contributed by atoms with Crippen LogP contribution in [-0.4, -0.2) is 61.8 Å². The zero-order valence-electron chi connectivity index (χ0n) is 32.4. The zero-order chi connectivity index (χ0) is 39.2. The molecule has 55 heavy (non-hydrogen) atoms. The summed E-state index contributed by atoms with van der Waals surface area (Å²) in [6.45, 7) is 1.16. The molecule has 1 heterocycles. The lowest BCUT2D eigenvalue weighted by atomic mass is 10.1. The Morgan fingerprint density at radius 2 is 1.07 bits per heavy atom. The Morgan fingerprint density at radius 3 is 1.62 bits per heavy atom. The highest BCUT2D eigenvalue weighted by molar-refractivity contribution is 6.31. The molecule has 0 radical (unpaired) electrons. The Hall–Kier alpha value is -5.42. The largest absolute Gasteiger partial charge is 0.493 e. The van der Waals surface area contributed by atoms with Crippen LogP contribution in [0.1, 0.15) is 78.2 Å². The van der Waals surface area contributed by atoms with E-state index in [1.807, 2.05) is 60.7 Å². The monoisotopic (exact) mass is 774 g/mol. The van der Waals surface area contributed by atoms with Gasteiger partial charge in [-0.1, -0.05) is 61.9 Å². The lowest BCUT2D eigenvalue weighted by Gasteiger charge is -2.28. The van der Waals surface area contributed by atoms with Crippen molar-refractivity contribution in [1.82, 2.24) is 5.32 Å². The number of ether oxygens (including phenoxy) is 8. The molecule has 4 aromatic rings. The number of amides is 1. The zero-order valence-corrected chi connectivity index (χ0v) is 33.2. The molecule has 1 unspecified atom stereocenters. The Balaban J connectivity index is 1.01. The van der Waals surface area contributed by atoms with Crippen LogP contribution in [0, 0.1) is 0 Å². The van der Waals surface area contributed by atoms with E-state index in [-0.39, 0.29) is 5.91 Å². The van der Waals surface area contributed by atoms with Crippen molar-refractivity contribution in [2.45, 2.75) is 51.1 Å². The van der Waals surface area contributed by atoms with Crippen molar-refractivity contribution >= 4 is 35.3 Å². The maximum absolute atomic E-state index is 12.7. The van der Waals surface area contributed by atoms with Gasteiger partial charge in [0.1, 0.15) is 6.17 Å². The van der Waals surface area contributed by atoms with Crippen molar-refractivity contribution in [3.8, 4) is 46.0 Å². The average Bonchev–Trinajstić information content (AvgIpc) is 3.21. The fourth-order valence-electron chi connectivity index (χ4n) is 6.35. The third-order valence-electron chi connectivity index (χ3n) is 9.25. The van der Waals surface area contributed by atoms with Gasteiger partial charge in [-0.3, -0.25) is 4.79 Å². The van der Waals surface area contributed by atoms with Crippen molar-refractivity contribution in [3.05, 3.63) is 87.9 Å². The average molecular weight is 775 g/mol. The SMILES string of the molecule is COc1cc(C2NC(=O)c3cc(Cl)ccc3N2)ccc1OCCCCCCCCCOc1c(OC)cc(/C=C/c2cc(OC)c(OC)c(OC)c2)cc1OC. The van der Waals surface area contributed by atoms with E-state index in [1.165, 1.54) is 0 Å². The van der Waals surface area contributed by atoms with E-state index in [9.17, 15) is 4.79 Å². The van der Waals surface area contributed by atoms with E-state index >= 15 is 0 Å². The maximum Gasteiger partial charge on any atom is 0.255 e. The van der Waals surface area contributed by atoms with Gasteiger partial charge in [0.15, 0.2) is 34.5 Å². The summed E-state index contributed by atoms with van der Waals surface area (Å²) in [5, 5.41) is 6.84.